The Labute approximate surface area is 151 Å². The van der Waals surface area contributed by atoms with E-state index in [0.717, 1.165) is 12.0 Å². The molecule has 2 aromatic rings. The van der Waals surface area contributed by atoms with Crippen LogP contribution in [0.2, 0.25) is 18.6 Å². The predicted molar refractivity (Wildman–Crippen MR) is 103 cm³/mol. The molecule has 132 valence electrons. The van der Waals surface area contributed by atoms with Crippen molar-refractivity contribution in [2.45, 2.75) is 44.2 Å². The largest absolute Gasteiger partial charge is 0.460 e. The summed E-state index contributed by atoms with van der Waals surface area (Å²) in [7, 11) is -1.72. The second kappa shape index (κ2) is 7.98. The van der Waals surface area contributed by atoms with Crippen LogP contribution in [0, 0.1) is 0 Å². The maximum absolute atomic E-state index is 12.1. The highest BCUT2D eigenvalue weighted by Crippen LogP contribution is 2.35. The predicted octanol–water partition coefficient (Wildman–Crippen LogP) is 3.89. The number of hydrogen-bond donors (Lipinski definition) is 0. The first-order valence-corrected chi connectivity index (χ1v) is 12.0. The molecule has 0 radical (unpaired) electrons. The second-order valence-corrected chi connectivity index (χ2v) is 12.2. The van der Waals surface area contributed by atoms with Gasteiger partial charge in [0, 0.05) is 6.42 Å². The van der Waals surface area contributed by atoms with Crippen molar-refractivity contribution in [1.29, 1.82) is 0 Å². The highest BCUT2D eigenvalue weighted by molar-refractivity contribution is 6.91. The standard InChI is InChI=1S/C21H26O3Si/c1-25(2,19-11-7-4-8-12-19)20-13-18(24-21(22)14-20)16-23-15-17-9-5-3-6-10-17/h3-12,18,20H,13-16H2,1-2H3/t18-,20+/m0/s1. The van der Waals surface area contributed by atoms with Crippen molar-refractivity contribution >= 4 is 19.2 Å². The van der Waals surface area contributed by atoms with Crippen LogP contribution < -0.4 is 5.19 Å². The lowest BCUT2D eigenvalue weighted by Crippen LogP contribution is -2.50. The zero-order valence-corrected chi connectivity index (χ0v) is 16.0. The van der Waals surface area contributed by atoms with Gasteiger partial charge in [-0.05, 0) is 17.5 Å². The van der Waals surface area contributed by atoms with Gasteiger partial charge in [-0.15, -0.1) is 0 Å². The van der Waals surface area contributed by atoms with E-state index in [-0.39, 0.29) is 12.1 Å². The average molecular weight is 355 g/mol. The molecule has 25 heavy (non-hydrogen) atoms. The summed E-state index contributed by atoms with van der Waals surface area (Å²) < 4.78 is 11.4. The fourth-order valence-electron chi connectivity index (χ4n) is 3.52. The number of esters is 1. The molecule has 1 heterocycles. The molecule has 0 aliphatic carbocycles. The number of hydrogen-bond acceptors (Lipinski definition) is 3. The molecule has 3 rings (SSSR count). The normalized spacial score (nSPS) is 21.0. The van der Waals surface area contributed by atoms with Crippen LogP contribution in [0.1, 0.15) is 18.4 Å². The monoisotopic (exact) mass is 354 g/mol. The maximum atomic E-state index is 12.1. The molecule has 0 amide bonds. The Morgan fingerprint density at radius 3 is 2.36 bits per heavy atom. The number of ether oxygens (including phenoxy) is 2. The van der Waals surface area contributed by atoms with Crippen molar-refractivity contribution in [2.24, 2.45) is 0 Å². The first-order chi connectivity index (χ1) is 12.1. The molecule has 0 saturated carbocycles. The van der Waals surface area contributed by atoms with Gasteiger partial charge < -0.3 is 9.47 Å². The van der Waals surface area contributed by atoms with Crippen LogP contribution in [0.4, 0.5) is 0 Å². The average Bonchev–Trinajstić information content (AvgIpc) is 2.63. The van der Waals surface area contributed by atoms with E-state index in [4.69, 9.17) is 9.47 Å². The SMILES string of the molecule is C[Si](C)(c1ccccc1)[C@H]1CC(=O)O[C@H](COCc2ccccc2)C1. The van der Waals surface area contributed by atoms with Gasteiger partial charge in [-0.25, -0.2) is 0 Å². The summed E-state index contributed by atoms with van der Waals surface area (Å²) in [5, 5.41) is 1.40. The summed E-state index contributed by atoms with van der Waals surface area (Å²) >= 11 is 0. The van der Waals surface area contributed by atoms with Gasteiger partial charge in [-0.3, -0.25) is 4.79 Å². The van der Waals surface area contributed by atoms with E-state index in [0.29, 0.717) is 25.2 Å². The van der Waals surface area contributed by atoms with Gasteiger partial charge in [-0.1, -0.05) is 78.9 Å². The Morgan fingerprint density at radius 1 is 1.04 bits per heavy atom. The molecule has 1 aliphatic rings. The molecule has 2 aromatic carbocycles. The van der Waals surface area contributed by atoms with Crippen LogP contribution in [-0.4, -0.2) is 26.8 Å². The smallest absolute Gasteiger partial charge is 0.306 e. The van der Waals surface area contributed by atoms with E-state index in [2.05, 4.69) is 37.4 Å². The summed E-state index contributed by atoms with van der Waals surface area (Å²) in [6.07, 6.45) is 1.29. The van der Waals surface area contributed by atoms with Gasteiger partial charge in [0.2, 0.25) is 0 Å². The van der Waals surface area contributed by atoms with Crippen LogP contribution in [0.3, 0.4) is 0 Å². The number of cyclic esters (lactones) is 1. The number of carbonyl (C=O) groups excluding carboxylic acids is 1. The summed E-state index contributed by atoms with van der Waals surface area (Å²) in [5.74, 6) is -0.0823. The van der Waals surface area contributed by atoms with Crippen molar-refractivity contribution < 1.29 is 14.3 Å². The lowest BCUT2D eigenvalue weighted by molar-refractivity contribution is -0.157. The van der Waals surface area contributed by atoms with Crippen molar-refractivity contribution in [1.82, 2.24) is 0 Å². The third-order valence-corrected chi connectivity index (χ3v) is 9.51. The molecule has 3 nitrogen and oxygen atoms in total. The first kappa shape index (κ1) is 17.9. The molecule has 0 unspecified atom stereocenters. The van der Waals surface area contributed by atoms with Crippen LogP contribution in [0.15, 0.2) is 60.7 Å². The van der Waals surface area contributed by atoms with Crippen molar-refractivity contribution in [3.63, 3.8) is 0 Å². The van der Waals surface area contributed by atoms with Gasteiger partial charge >= 0.3 is 5.97 Å². The van der Waals surface area contributed by atoms with Gasteiger partial charge in [-0.2, -0.15) is 0 Å². The minimum atomic E-state index is -1.72. The summed E-state index contributed by atoms with van der Waals surface area (Å²) in [5.41, 5.74) is 1.53. The lowest BCUT2D eigenvalue weighted by Gasteiger charge is -2.38. The molecule has 0 spiro atoms. The van der Waals surface area contributed by atoms with E-state index in [9.17, 15) is 4.79 Å². The highest BCUT2D eigenvalue weighted by atomic mass is 28.3. The van der Waals surface area contributed by atoms with Gasteiger partial charge in [0.15, 0.2) is 0 Å². The minimum Gasteiger partial charge on any atom is -0.460 e. The van der Waals surface area contributed by atoms with Crippen LogP contribution in [0.25, 0.3) is 0 Å². The van der Waals surface area contributed by atoms with E-state index in [1.165, 1.54) is 5.19 Å². The molecule has 0 N–H and O–H groups in total. The van der Waals surface area contributed by atoms with E-state index < -0.39 is 8.07 Å². The Balaban J connectivity index is 1.60. The second-order valence-electron chi connectivity index (χ2n) is 7.34. The van der Waals surface area contributed by atoms with Crippen LogP contribution >= 0.6 is 0 Å². The van der Waals surface area contributed by atoms with E-state index >= 15 is 0 Å². The van der Waals surface area contributed by atoms with Crippen LogP contribution in [0.5, 0.6) is 0 Å². The van der Waals surface area contributed by atoms with Gasteiger partial charge in [0.1, 0.15) is 6.10 Å². The Hall–Kier alpha value is -1.91. The fraction of sp³-hybridized carbons (Fsp3) is 0.381. The van der Waals surface area contributed by atoms with E-state index in [1.54, 1.807) is 0 Å². The summed E-state index contributed by atoms with van der Waals surface area (Å²) in [4.78, 5) is 12.1. The Bertz CT molecular complexity index is 685. The van der Waals surface area contributed by atoms with Crippen molar-refractivity contribution in [3.05, 3.63) is 66.2 Å². The third kappa shape index (κ3) is 4.59. The van der Waals surface area contributed by atoms with E-state index in [1.807, 2.05) is 36.4 Å². The molecular formula is C21H26O3Si. The minimum absolute atomic E-state index is 0.0823. The molecular weight excluding hydrogens is 328 g/mol. The van der Waals surface area contributed by atoms with Gasteiger partial charge in [0.25, 0.3) is 0 Å². The summed E-state index contributed by atoms with van der Waals surface area (Å²) in [6, 6.07) is 20.7. The molecule has 1 saturated heterocycles. The fourth-order valence-corrected chi connectivity index (χ4v) is 6.57. The zero-order chi connectivity index (χ0) is 17.7. The Morgan fingerprint density at radius 2 is 1.68 bits per heavy atom. The molecule has 0 aromatic heterocycles. The zero-order valence-electron chi connectivity index (χ0n) is 15.0. The maximum Gasteiger partial charge on any atom is 0.306 e. The third-order valence-electron chi connectivity index (χ3n) is 5.21. The molecule has 1 fully saturated rings. The topological polar surface area (TPSA) is 35.5 Å². The molecule has 2 atom stereocenters. The number of rotatable bonds is 6. The van der Waals surface area contributed by atoms with Crippen LogP contribution in [-0.2, 0) is 20.9 Å². The first-order valence-electron chi connectivity index (χ1n) is 8.92. The van der Waals surface area contributed by atoms with Gasteiger partial charge in [0.05, 0.1) is 21.3 Å². The quantitative estimate of drug-likeness (QED) is 0.583. The molecule has 1 aliphatic heterocycles. The number of carbonyl (C=O) groups is 1. The van der Waals surface area contributed by atoms with Crippen molar-refractivity contribution in [3.8, 4) is 0 Å². The molecule has 0 bridgehead atoms. The summed E-state index contributed by atoms with van der Waals surface area (Å²) in [6.45, 7) is 5.73. The highest BCUT2D eigenvalue weighted by Gasteiger charge is 2.40. The Kier molecular flexibility index (Phi) is 5.71. The molecule has 4 heteroatoms. The number of benzene rings is 2. The lowest BCUT2D eigenvalue weighted by atomic mass is 10.1. The van der Waals surface area contributed by atoms with Crippen molar-refractivity contribution in [2.75, 3.05) is 6.61 Å².